The van der Waals surface area contributed by atoms with Gasteiger partial charge in [0.2, 0.25) is 5.91 Å². The lowest BCUT2D eigenvalue weighted by molar-refractivity contribution is -0.143. The molecule has 106 valence electrons. The third kappa shape index (κ3) is 4.43. The molecule has 5 nitrogen and oxygen atoms in total. The SMILES string of the molecule is CC[C@H](C)[C@H](NC(=O)C[C@@H](C)n1cccc1)C(=O)O. The normalized spacial score (nSPS) is 15.5. The van der Waals surface area contributed by atoms with Crippen molar-refractivity contribution in [1.29, 1.82) is 0 Å². The van der Waals surface area contributed by atoms with Gasteiger partial charge in [0.15, 0.2) is 0 Å². The van der Waals surface area contributed by atoms with Crippen molar-refractivity contribution in [3.63, 3.8) is 0 Å². The first-order valence-corrected chi connectivity index (χ1v) is 6.60. The molecule has 19 heavy (non-hydrogen) atoms. The molecule has 0 radical (unpaired) electrons. The maximum absolute atomic E-state index is 11.9. The Morgan fingerprint density at radius 3 is 2.32 bits per heavy atom. The molecule has 0 fully saturated rings. The summed E-state index contributed by atoms with van der Waals surface area (Å²) >= 11 is 0. The van der Waals surface area contributed by atoms with Gasteiger partial charge in [0.25, 0.3) is 0 Å². The number of rotatable bonds is 7. The van der Waals surface area contributed by atoms with Crippen molar-refractivity contribution >= 4 is 11.9 Å². The highest BCUT2D eigenvalue weighted by molar-refractivity contribution is 5.83. The predicted octanol–water partition coefficient (Wildman–Crippen LogP) is 2.05. The molecule has 0 aliphatic heterocycles. The van der Waals surface area contributed by atoms with Gasteiger partial charge >= 0.3 is 5.97 Å². The lowest BCUT2D eigenvalue weighted by atomic mass is 9.99. The van der Waals surface area contributed by atoms with E-state index >= 15 is 0 Å². The number of aliphatic carboxylic acids is 1. The summed E-state index contributed by atoms with van der Waals surface area (Å²) < 4.78 is 1.93. The molecule has 0 aliphatic carbocycles. The molecule has 0 saturated heterocycles. The first-order chi connectivity index (χ1) is 8.95. The van der Waals surface area contributed by atoms with Gasteiger partial charge in [-0.3, -0.25) is 4.79 Å². The molecular formula is C14H22N2O3. The molecule has 1 aromatic rings. The van der Waals surface area contributed by atoms with Gasteiger partial charge in [-0.25, -0.2) is 4.79 Å². The van der Waals surface area contributed by atoms with Crippen LogP contribution in [0.4, 0.5) is 0 Å². The number of hydrogen-bond acceptors (Lipinski definition) is 2. The second-order valence-electron chi connectivity index (χ2n) is 4.95. The van der Waals surface area contributed by atoms with Crippen LogP contribution in [0.25, 0.3) is 0 Å². The molecule has 0 aromatic carbocycles. The number of aromatic nitrogens is 1. The number of hydrogen-bond donors (Lipinski definition) is 2. The van der Waals surface area contributed by atoms with Crippen LogP contribution in [0.1, 0.15) is 39.7 Å². The van der Waals surface area contributed by atoms with Gasteiger partial charge < -0.3 is 15.0 Å². The summed E-state index contributed by atoms with van der Waals surface area (Å²) in [6.45, 7) is 5.67. The summed E-state index contributed by atoms with van der Waals surface area (Å²) in [6.07, 6.45) is 4.77. The van der Waals surface area contributed by atoms with E-state index in [4.69, 9.17) is 5.11 Å². The lowest BCUT2D eigenvalue weighted by Crippen LogP contribution is -2.45. The van der Waals surface area contributed by atoms with Gasteiger partial charge in [0.1, 0.15) is 6.04 Å². The zero-order valence-corrected chi connectivity index (χ0v) is 11.7. The molecule has 0 unspecified atom stereocenters. The highest BCUT2D eigenvalue weighted by Gasteiger charge is 2.25. The number of carbonyl (C=O) groups is 2. The number of nitrogens with zero attached hydrogens (tertiary/aromatic N) is 1. The van der Waals surface area contributed by atoms with Crippen LogP contribution < -0.4 is 5.32 Å². The second kappa shape index (κ2) is 6.97. The maximum Gasteiger partial charge on any atom is 0.326 e. The molecule has 5 heteroatoms. The second-order valence-corrected chi connectivity index (χ2v) is 4.95. The predicted molar refractivity (Wildman–Crippen MR) is 72.8 cm³/mol. The van der Waals surface area contributed by atoms with Crippen LogP contribution in [-0.2, 0) is 9.59 Å². The van der Waals surface area contributed by atoms with E-state index in [1.54, 1.807) is 0 Å². The van der Waals surface area contributed by atoms with Gasteiger partial charge in [-0.1, -0.05) is 20.3 Å². The molecule has 0 bridgehead atoms. The molecule has 0 spiro atoms. The Labute approximate surface area is 113 Å². The quantitative estimate of drug-likeness (QED) is 0.793. The fourth-order valence-electron chi connectivity index (χ4n) is 1.93. The topological polar surface area (TPSA) is 71.3 Å². The molecule has 1 rings (SSSR count). The lowest BCUT2D eigenvalue weighted by Gasteiger charge is -2.21. The van der Waals surface area contributed by atoms with Crippen molar-refractivity contribution in [2.24, 2.45) is 5.92 Å². The van der Waals surface area contributed by atoms with Gasteiger partial charge in [0.05, 0.1) is 0 Å². The Hall–Kier alpha value is -1.78. The van der Waals surface area contributed by atoms with Crippen molar-refractivity contribution < 1.29 is 14.7 Å². The van der Waals surface area contributed by atoms with E-state index in [2.05, 4.69) is 5.32 Å². The molecule has 3 atom stereocenters. The summed E-state index contributed by atoms with van der Waals surface area (Å²) in [5.41, 5.74) is 0. The Morgan fingerprint density at radius 2 is 1.84 bits per heavy atom. The average molecular weight is 266 g/mol. The third-order valence-electron chi connectivity index (χ3n) is 3.41. The van der Waals surface area contributed by atoms with Crippen LogP contribution in [0.2, 0.25) is 0 Å². The summed E-state index contributed by atoms with van der Waals surface area (Å²) in [7, 11) is 0. The zero-order valence-electron chi connectivity index (χ0n) is 11.7. The van der Waals surface area contributed by atoms with E-state index in [9.17, 15) is 9.59 Å². The molecule has 2 N–H and O–H groups in total. The highest BCUT2D eigenvalue weighted by atomic mass is 16.4. The molecule has 0 saturated carbocycles. The summed E-state index contributed by atoms with van der Waals surface area (Å²) in [4.78, 5) is 23.0. The van der Waals surface area contributed by atoms with Gasteiger partial charge in [-0.05, 0) is 25.0 Å². The monoisotopic (exact) mass is 266 g/mol. The zero-order chi connectivity index (χ0) is 14.4. The minimum Gasteiger partial charge on any atom is -0.480 e. The number of carbonyl (C=O) groups excluding carboxylic acids is 1. The number of carboxylic acids is 1. The van der Waals surface area contributed by atoms with Crippen LogP contribution in [0.3, 0.4) is 0 Å². The smallest absolute Gasteiger partial charge is 0.326 e. The largest absolute Gasteiger partial charge is 0.480 e. The average Bonchev–Trinajstić information content (AvgIpc) is 2.88. The third-order valence-corrected chi connectivity index (χ3v) is 3.41. The standard InChI is InChI=1S/C14H22N2O3/c1-4-10(2)13(14(18)19)15-12(17)9-11(3)16-7-5-6-8-16/h5-8,10-11,13H,4,9H2,1-3H3,(H,15,17)(H,18,19)/t10-,11+,13-/m0/s1. The van der Waals surface area contributed by atoms with Gasteiger partial charge in [0, 0.05) is 24.9 Å². The Morgan fingerprint density at radius 1 is 1.26 bits per heavy atom. The van der Waals surface area contributed by atoms with Crippen LogP contribution >= 0.6 is 0 Å². The number of carboxylic acid groups (broad SMARTS) is 1. The molecule has 1 aromatic heterocycles. The van der Waals surface area contributed by atoms with Gasteiger partial charge in [-0.15, -0.1) is 0 Å². The highest BCUT2D eigenvalue weighted by Crippen LogP contribution is 2.12. The fraction of sp³-hybridized carbons (Fsp3) is 0.571. The van der Waals surface area contributed by atoms with Crippen LogP contribution in [-0.4, -0.2) is 27.6 Å². The molecule has 1 heterocycles. The van der Waals surface area contributed by atoms with Crippen molar-refractivity contribution in [2.75, 3.05) is 0 Å². The van der Waals surface area contributed by atoms with Crippen molar-refractivity contribution in [1.82, 2.24) is 9.88 Å². The van der Waals surface area contributed by atoms with E-state index in [0.29, 0.717) is 6.42 Å². The fourth-order valence-corrected chi connectivity index (χ4v) is 1.93. The minimum absolute atomic E-state index is 0.0152. The van der Waals surface area contributed by atoms with E-state index in [0.717, 1.165) is 0 Å². The Kier molecular flexibility index (Phi) is 5.60. The molecular weight excluding hydrogens is 244 g/mol. The summed E-state index contributed by atoms with van der Waals surface area (Å²) in [5, 5.41) is 11.7. The maximum atomic E-state index is 11.9. The minimum atomic E-state index is -0.976. The number of nitrogens with one attached hydrogen (secondary N) is 1. The Bertz CT molecular complexity index is 414. The van der Waals surface area contributed by atoms with E-state index in [1.807, 2.05) is 49.9 Å². The Balaban J connectivity index is 2.56. The van der Waals surface area contributed by atoms with Crippen molar-refractivity contribution in [2.45, 2.75) is 45.7 Å². The molecule has 0 aliphatic rings. The van der Waals surface area contributed by atoms with Crippen molar-refractivity contribution in [3.8, 4) is 0 Å². The van der Waals surface area contributed by atoms with Gasteiger partial charge in [-0.2, -0.15) is 0 Å². The molecule has 1 amide bonds. The summed E-state index contributed by atoms with van der Waals surface area (Å²) in [6, 6.07) is 3.00. The van der Waals surface area contributed by atoms with E-state index < -0.39 is 12.0 Å². The van der Waals surface area contributed by atoms with Crippen LogP contribution in [0, 0.1) is 5.92 Å². The number of amides is 1. The van der Waals surface area contributed by atoms with E-state index in [1.165, 1.54) is 0 Å². The van der Waals surface area contributed by atoms with E-state index in [-0.39, 0.29) is 24.3 Å². The first kappa shape index (κ1) is 15.3. The van der Waals surface area contributed by atoms with Crippen molar-refractivity contribution in [3.05, 3.63) is 24.5 Å². The van der Waals surface area contributed by atoms with Crippen LogP contribution in [0.15, 0.2) is 24.5 Å². The first-order valence-electron chi connectivity index (χ1n) is 6.60. The van der Waals surface area contributed by atoms with Crippen LogP contribution in [0.5, 0.6) is 0 Å². The summed E-state index contributed by atoms with van der Waals surface area (Å²) in [5.74, 6) is -1.28.